The van der Waals surface area contributed by atoms with E-state index in [2.05, 4.69) is 25.3 Å². The Bertz CT molecular complexity index is 756. The smallest absolute Gasteiger partial charge is 0.241 e. The standard InChI is InChI=1S/C17H19N5O2/c1-2-7-18-15(5-1)19-10-13-6-8-22(11-13)12-16-20-17(21-24-16)14-4-3-9-23-14/h1-5,7,9,13H,6,8,10-12H2,(H,18,19)/t13-/m1/s1. The van der Waals surface area contributed by atoms with Crippen LogP contribution in [0.5, 0.6) is 0 Å². The maximum atomic E-state index is 5.33. The van der Waals surface area contributed by atoms with Crippen molar-refractivity contribution in [3.05, 3.63) is 48.7 Å². The molecule has 0 aliphatic carbocycles. The number of pyridine rings is 1. The number of likely N-dealkylation sites (tertiary alicyclic amines) is 1. The van der Waals surface area contributed by atoms with E-state index in [9.17, 15) is 0 Å². The van der Waals surface area contributed by atoms with Crippen LogP contribution in [0.4, 0.5) is 5.82 Å². The SMILES string of the molecule is c1ccc(NC[C@H]2CCN(Cc3nc(-c4ccco4)no3)C2)nc1. The van der Waals surface area contributed by atoms with Crippen molar-refractivity contribution in [1.29, 1.82) is 0 Å². The average molecular weight is 325 g/mol. The van der Waals surface area contributed by atoms with Gasteiger partial charge in [0.25, 0.3) is 0 Å². The normalized spacial score (nSPS) is 18.1. The van der Waals surface area contributed by atoms with Gasteiger partial charge in [-0.3, -0.25) is 4.90 Å². The molecule has 0 aromatic carbocycles. The first kappa shape index (κ1) is 14.9. The number of furan rings is 1. The Morgan fingerprint density at radius 1 is 1.25 bits per heavy atom. The third-order valence-electron chi connectivity index (χ3n) is 4.18. The molecule has 0 radical (unpaired) electrons. The zero-order valence-corrected chi connectivity index (χ0v) is 13.3. The molecule has 0 unspecified atom stereocenters. The number of rotatable bonds is 6. The number of nitrogens with one attached hydrogen (secondary N) is 1. The van der Waals surface area contributed by atoms with Gasteiger partial charge in [0.1, 0.15) is 5.82 Å². The third-order valence-corrected chi connectivity index (χ3v) is 4.18. The molecule has 4 rings (SSSR count). The Labute approximate surface area is 139 Å². The molecule has 1 aliphatic heterocycles. The van der Waals surface area contributed by atoms with E-state index in [4.69, 9.17) is 8.94 Å². The summed E-state index contributed by atoms with van der Waals surface area (Å²) in [5, 5.41) is 7.36. The predicted molar refractivity (Wildman–Crippen MR) is 88.1 cm³/mol. The van der Waals surface area contributed by atoms with Crippen LogP contribution in [0.25, 0.3) is 11.6 Å². The molecular weight excluding hydrogens is 306 g/mol. The summed E-state index contributed by atoms with van der Waals surface area (Å²) in [5.74, 6) is 3.28. The van der Waals surface area contributed by atoms with Crippen molar-refractivity contribution in [2.45, 2.75) is 13.0 Å². The van der Waals surface area contributed by atoms with Gasteiger partial charge in [0.2, 0.25) is 11.7 Å². The second-order valence-corrected chi connectivity index (χ2v) is 5.97. The Morgan fingerprint density at radius 3 is 3.08 bits per heavy atom. The summed E-state index contributed by atoms with van der Waals surface area (Å²) in [4.78, 5) is 11.0. The first-order valence-corrected chi connectivity index (χ1v) is 8.10. The number of hydrogen-bond donors (Lipinski definition) is 1. The van der Waals surface area contributed by atoms with Crippen molar-refractivity contribution < 1.29 is 8.94 Å². The van der Waals surface area contributed by atoms with E-state index in [-0.39, 0.29) is 0 Å². The second kappa shape index (κ2) is 6.84. The van der Waals surface area contributed by atoms with Crippen LogP contribution in [0, 0.1) is 5.92 Å². The van der Waals surface area contributed by atoms with Crippen molar-refractivity contribution in [2.75, 3.05) is 25.0 Å². The molecule has 24 heavy (non-hydrogen) atoms. The molecule has 0 saturated carbocycles. The summed E-state index contributed by atoms with van der Waals surface area (Å²) >= 11 is 0. The van der Waals surface area contributed by atoms with Crippen LogP contribution in [0.1, 0.15) is 12.3 Å². The van der Waals surface area contributed by atoms with Crippen LogP contribution in [0.15, 0.2) is 51.7 Å². The first-order chi connectivity index (χ1) is 11.9. The van der Waals surface area contributed by atoms with Gasteiger partial charge < -0.3 is 14.3 Å². The summed E-state index contributed by atoms with van der Waals surface area (Å²) in [6, 6.07) is 9.53. The molecule has 1 aliphatic rings. The van der Waals surface area contributed by atoms with Crippen LogP contribution in [-0.4, -0.2) is 39.7 Å². The van der Waals surface area contributed by atoms with E-state index in [1.807, 2.05) is 30.3 Å². The largest absolute Gasteiger partial charge is 0.461 e. The van der Waals surface area contributed by atoms with Gasteiger partial charge in [-0.2, -0.15) is 4.98 Å². The van der Waals surface area contributed by atoms with Gasteiger partial charge in [-0.1, -0.05) is 11.2 Å². The number of aromatic nitrogens is 3. The van der Waals surface area contributed by atoms with Gasteiger partial charge in [-0.25, -0.2) is 4.98 Å². The zero-order chi connectivity index (χ0) is 16.2. The minimum Gasteiger partial charge on any atom is -0.461 e. The molecule has 0 amide bonds. The first-order valence-electron chi connectivity index (χ1n) is 8.10. The second-order valence-electron chi connectivity index (χ2n) is 5.97. The number of nitrogens with zero attached hydrogens (tertiary/aromatic N) is 4. The van der Waals surface area contributed by atoms with E-state index >= 15 is 0 Å². The molecule has 0 bridgehead atoms. The molecule has 3 aromatic rings. The van der Waals surface area contributed by atoms with Crippen LogP contribution in [0.2, 0.25) is 0 Å². The summed E-state index contributed by atoms with van der Waals surface area (Å²) in [6.07, 6.45) is 4.56. The van der Waals surface area contributed by atoms with Crippen LogP contribution in [-0.2, 0) is 6.54 Å². The lowest BCUT2D eigenvalue weighted by Gasteiger charge is -2.14. The average Bonchev–Trinajstić information content (AvgIpc) is 3.36. The minimum atomic E-state index is 0.502. The maximum Gasteiger partial charge on any atom is 0.241 e. The van der Waals surface area contributed by atoms with Crippen LogP contribution >= 0.6 is 0 Å². The zero-order valence-electron chi connectivity index (χ0n) is 13.3. The van der Waals surface area contributed by atoms with Gasteiger partial charge in [-0.15, -0.1) is 0 Å². The lowest BCUT2D eigenvalue weighted by molar-refractivity contribution is 0.261. The number of hydrogen-bond acceptors (Lipinski definition) is 7. The van der Waals surface area contributed by atoms with Crippen molar-refractivity contribution in [2.24, 2.45) is 5.92 Å². The lowest BCUT2D eigenvalue weighted by atomic mass is 10.1. The minimum absolute atomic E-state index is 0.502. The summed E-state index contributed by atoms with van der Waals surface area (Å²) in [5.41, 5.74) is 0. The molecule has 0 spiro atoms. The molecule has 124 valence electrons. The molecule has 7 nitrogen and oxygen atoms in total. The predicted octanol–water partition coefficient (Wildman–Crippen LogP) is 2.66. The van der Waals surface area contributed by atoms with E-state index in [0.29, 0.717) is 29.9 Å². The van der Waals surface area contributed by atoms with Crippen LogP contribution in [0.3, 0.4) is 0 Å². The van der Waals surface area contributed by atoms with Crippen LogP contribution < -0.4 is 5.32 Å². The Kier molecular flexibility index (Phi) is 4.24. The topological polar surface area (TPSA) is 80.2 Å². The summed E-state index contributed by atoms with van der Waals surface area (Å²) in [6.45, 7) is 3.65. The highest BCUT2D eigenvalue weighted by molar-refractivity contribution is 5.44. The molecule has 1 atom stereocenters. The van der Waals surface area contributed by atoms with Gasteiger partial charge in [-0.05, 0) is 43.1 Å². The maximum absolute atomic E-state index is 5.33. The molecule has 7 heteroatoms. The van der Waals surface area contributed by atoms with E-state index in [1.54, 1.807) is 12.5 Å². The summed E-state index contributed by atoms with van der Waals surface area (Å²) in [7, 11) is 0. The van der Waals surface area contributed by atoms with Gasteiger partial charge in [0, 0.05) is 19.3 Å². The van der Waals surface area contributed by atoms with Crippen molar-refractivity contribution in [3.63, 3.8) is 0 Å². The Hall–Kier alpha value is -2.67. The Morgan fingerprint density at radius 2 is 2.25 bits per heavy atom. The third kappa shape index (κ3) is 3.46. The van der Waals surface area contributed by atoms with Gasteiger partial charge in [0.15, 0.2) is 5.76 Å². The highest BCUT2D eigenvalue weighted by Crippen LogP contribution is 2.20. The Balaban J connectivity index is 1.28. The molecule has 4 heterocycles. The van der Waals surface area contributed by atoms with E-state index < -0.39 is 0 Å². The highest BCUT2D eigenvalue weighted by atomic mass is 16.5. The monoisotopic (exact) mass is 325 g/mol. The lowest BCUT2D eigenvalue weighted by Crippen LogP contribution is -2.23. The summed E-state index contributed by atoms with van der Waals surface area (Å²) < 4.78 is 10.6. The van der Waals surface area contributed by atoms with Crippen molar-refractivity contribution in [3.8, 4) is 11.6 Å². The molecule has 3 aromatic heterocycles. The van der Waals surface area contributed by atoms with Gasteiger partial charge >= 0.3 is 0 Å². The fraction of sp³-hybridized carbons (Fsp3) is 0.353. The quantitative estimate of drug-likeness (QED) is 0.746. The van der Waals surface area contributed by atoms with E-state index in [0.717, 1.165) is 31.9 Å². The van der Waals surface area contributed by atoms with Crippen molar-refractivity contribution in [1.82, 2.24) is 20.0 Å². The molecule has 1 fully saturated rings. The fourth-order valence-electron chi connectivity index (χ4n) is 2.96. The highest BCUT2D eigenvalue weighted by Gasteiger charge is 2.24. The van der Waals surface area contributed by atoms with Crippen molar-refractivity contribution >= 4 is 5.82 Å². The van der Waals surface area contributed by atoms with E-state index in [1.165, 1.54) is 0 Å². The number of anilines is 1. The molecule has 1 saturated heterocycles. The van der Waals surface area contributed by atoms with Gasteiger partial charge in [0.05, 0.1) is 12.8 Å². The fourth-order valence-corrected chi connectivity index (χ4v) is 2.96. The molecular formula is C17H19N5O2. The molecule has 1 N–H and O–H groups in total.